The number of fused-ring (bicyclic) bond motifs is 1. The Kier molecular flexibility index (Phi) is 5.09. The SMILES string of the molecule is O=C1NS(=O)(=O)c2ccccc21.O=P(O)(O)OP(=O)(O)O. The van der Waals surface area contributed by atoms with Gasteiger partial charge in [0.25, 0.3) is 15.9 Å². The highest BCUT2D eigenvalue weighted by Gasteiger charge is 2.31. The van der Waals surface area contributed by atoms with Crippen LogP contribution >= 0.6 is 15.6 Å². The highest BCUT2D eigenvalue weighted by atomic mass is 32.2. The summed E-state index contributed by atoms with van der Waals surface area (Å²) < 4.78 is 46.4. The summed E-state index contributed by atoms with van der Waals surface area (Å²) in [6.07, 6.45) is 0. The highest BCUT2D eigenvalue weighted by Crippen LogP contribution is 2.53. The maximum absolute atomic E-state index is 11.1. The zero-order valence-electron chi connectivity index (χ0n) is 9.85. The van der Waals surface area contributed by atoms with Crippen molar-refractivity contribution < 1.29 is 46.2 Å². The minimum atomic E-state index is -5.05. The lowest BCUT2D eigenvalue weighted by molar-refractivity contribution is 0.0985. The molecule has 0 bridgehead atoms. The number of nitrogens with one attached hydrogen (secondary N) is 1. The molecule has 14 heteroatoms. The van der Waals surface area contributed by atoms with Crippen LogP contribution in [-0.2, 0) is 23.5 Å². The zero-order valence-corrected chi connectivity index (χ0v) is 12.5. The Bertz CT molecular complexity index is 726. The van der Waals surface area contributed by atoms with E-state index in [0.717, 1.165) is 0 Å². The first-order chi connectivity index (χ1) is 9.32. The van der Waals surface area contributed by atoms with Crippen LogP contribution in [0.15, 0.2) is 29.2 Å². The Labute approximate surface area is 118 Å². The van der Waals surface area contributed by atoms with Gasteiger partial charge < -0.3 is 19.6 Å². The number of amides is 1. The van der Waals surface area contributed by atoms with Crippen molar-refractivity contribution >= 4 is 31.6 Å². The lowest BCUT2D eigenvalue weighted by atomic mass is 10.2. The largest absolute Gasteiger partial charge is 0.478 e. The molecule has 1 aliphatic rings. The van der Waals surface area contributed by atoms with Crippen LogP contribution < -0.4 is 4.72 Å². The molecule has 0 spiro atoms. The fraction of sp³-hybridized carbons (Fsp3) is 0. The Morgan fingerprint density at radius 3 is 1.86 bits per heavy atom. The van der Waals surface area contributed by atoms with Gasteiger partial charge in [0.15, 0.2) is 0 Å². The molecule has 0 aliphatic carbocycles. The summed E-state index contributed by atoms with van der Waals surface area (Å²) in [5.74, 6) is -0.550. The van der Waals surface area contributed by atoms with E-state index in [-0.39, 0.29) is 10.5 Å². The van der Waals surface area contributed by atoms with Crippen molar-refractivity contribution in [3.63, 3.8) is 0 Å². The van der Waals surface area contributed by atoms with Crippen molar-refractivity contribution in [2.24, 2.45) is 0 Å². The van der Waals surface area contributed by atoms with E-state index in [1.165, 1.54) is 12.1 Å². The first-order valence-electron chi connectivity index (χ1n) is 4.80. The predicted octanol–water partition coefficient (Wildman–Crippen LogP) is -0.693. The molecule has 2 rings (SSSR count). The number of carbonyl (C=O) groups excluding carboxylic acids is 1. The van der Waals surface area contributed by atoms with E-state index in [1.54, 1.807) is 12.1 Å². The fourth-order valence-electron chi connectivity index (χ4n) is 1.26. The van der Waals surface area contributed by atoms with E-state index in [4.69, 9.17) is 19.6 Å². The molecule has 0 saturated heterocycles. The van der Waals surface area contributed by atoms with Gasteiger partial charge in [0.1, 0.15) is 4.90 Å². The molecule has 21 heavy (non-hydrogen) atoms. The summed E-state index contributed by atoms with van der Waals surface area (Å²) in [6.45, 7) is 0. The number of phosphoric acid groups is 2. The third-order valence-corrected chi connectivity index (χ3v) is 4.95. The van der Waals surface area contributed by atoms with Crippen LogP contribution in [-0.4, -0.2) is 33.9 Å². The number of carbonyl (C=O) groups is 1. The second-order valence-electron chi connectivity index (χ2n) is 3.49. The maximum atomic E-state index is 11.1. The molecule has 0 fully saturated rings. The standard InChI is InChI=1S/C7H5NO3S.H4O7P2/c9-7-5-3-1-2-4-6(5)12(10,11)8-7;1-8(2,3)7-9(4,5)6/h1-4H,(H,8,9);(H2,1,2,3)(H2,4,5,6). The van der Waals surface area contributed by atoms with E-state index in [1.807, 2.05) is 4.72 Å². The number of sulfonamides is 1. The van der Waals surface area contributed by atoms with Crippen molar-refractivity contribution in [3.05, 3.63) is 29.8 Å². The van der Waals surface area contributed by atoms with Gasteiger partial charge in [-0.2, -0.15) is 4.31 Å². The molecule has 0 atom stereocenters. The number of hydrogen-bond acceptors (Lipinski definition) is 6. The molecule has 1 aromatic carbocycles. The number of rotatable bonds is 2. The van der Waals surface area contributed by atoms with Gasteiger partial charge in [-0.1, -0.05) is 12.1 Å². The molecular formula is C7H9NO10P2S. The van der Waals surface area contributed by atoms with Crippen molar-refractivity contribution in [1.82, 2.24) is 4.72 Å². The number of hydrogen-bond donors (Lipinski definition) is 5. The van der Waals surface area contributed by atoms with Crippen LogP contribution in [0.3, 0.4) is 0 Å². The van der Waals surface area contributed by atoms with Crippen molar-refractivity contribution in [1.29, 1.82) is 0 Å². The summed E-state index contributed by atoms with van der Waals surface area (Å²) in [4.78, 5) is 42.1. The highest BCUT2D eigenvalue weighted by molar-refractivity contribution is 7.90. The second kappa shape index (κ2) is 5.95. The summed E-state index contributed by atoms with van der Waals surface area (Å²) in [7, 11) is -13.7. The van der Waals surface area contributed by atoms with Crippen LogP contribution in [0.4, 0.5) is 0 Å². The topological polar surface area (TPSA) is 188 Å². The summed E-state index contributed by atoms with van der Waals surface area (Å²) in [5.41, 5.74) is 0.220. The average molecular weight is 361 g/mol. The quantitative estimate of drug-likeness (QED) is 0.422. The van der Waals surface area contributed by atoms with Crippen LogP contribution in [0, 0.1) is 0 Å². The normalized spacial score (nSPS) is 16.5. The fourth-order valence-corrected chi connectivity index (χ4v) is 3.54. The molecule has 0 radical (unpaired) electrons. The van der Waals surface area contributed by atoms with Gasteiger partial charge >= 0.3 is 15.6 Å². The van der Waals surface area contributed by atoms with E-state index in [2.05, 4.69) is 4.31 Å². The van der Waals surface area contributed by atoms with Crippen molar-refractivity contribution in [2.75, 3.05) is 0 Å². The van der Waals surface area contributed by atoms with Crippen LogP contribution in [0.2, 0.25) is 0 Å². The summed E-state index contributed by atoms with van der Waals surface area (Å²) in [5, 5.41) is 0. The smallest absolute Gasteiger partial charge is 0.302 e. The Hall–Kier alpha value is -1.10. The first-order valence-corrected chi connectivity index (χ1v) is 9.35. The van der Waals surface area contributed by atoms with Gasteiger partial charge in [-0.3, -0.25) is 4.79 Å². The monoisotopic (exact) mass is 361 g/mol. The molecule has 1 heterocycles. The van der Waals surface area contributed by atoms with Gasteiger partial charge in [-0.25, -0.2) is 22.3 Å². The van der Waals surface area contributed by atoms with E-state index < -0.39 is 31.6 Å². The van der Waals surface area contributed by atoms with Crippen LogP contribution in [0.5, 0.6) is 0 Å². The van der Waals surface area contributed by atoms with Crippen molar-refractivity contribution in [3.8, 4) is 0 Å². The van der Waals surface area contributed by atoms with Gasteiger partial charge in [-0.15, -0.1) is 0 Å². The lowest BCUT2D eigenvalue weighted by Crippen LogP contribution is -2.20. The average Bonchev–Trinajstić information content (AvgIpc) is 2.46. The minimum Gasteiger partial charge on any atom is -0.302 e. The van der Waals surface area contributed by atoms with E-state index in [9.17, 15) is 22.3 Å². The molecule has 11 nitrogen and oxygen atoms in total. The van der Waals surface area contributed by atoms with Crippen molar-refractivity contribution in [2.45, 2.75) is 4.90 Å². The van der Waals surface area contributed by atoms with Gasteiger partial charge in [-0.05, 0) is 12.1 Å². The van der Waals surface area contributed by atoms with Gasteiger partial charge in [0.05, 0.1) is 5.56 Å². The Morgan fingerprint density at radius 1 is 1.00 bits per heavy atom. The third kappa shape index (κ3) is 5.65. The molecule has 1 amide bonds. The van der Waals surface area contributed by atoms with Gasteiger partial charge in [0.2, 0.25) is 0 Å². The Balaban J connectivity index is 0.000000222. The molecule has 1 aliphatic heterocycles. The molecule has 5 N–H and O–H groups in total. The Morgan fingerprint density at radius 2 is 1.48 bits per heavy atom. The molecular weight excluding hydrogens is 352 g/mol. The molecule has 0 unspecified atom stereocenters. The van der Waals surface area contributed by atoms with E-state index >= 15 is 0 Å². The van der Waals surface area contributed by atoms with E-state index in [0.29, 0.717) is 0 Å². The second-order valence-corrected chi connectivity index (χ2v) is 7.76. The molecule has 0 aromatic heterocycles. The third-order valence-electron chi connectivity index (χ3n) is 1.86. The van der Waals surface area contributed by atoms with Crippen LogP contribution in [0.25, 0.3) is 0 Å². The minimum absolute atomic E-state index is 0.0648. The van der Waals surface area contributed by atoms with Gasteiger partial charge in [0, 0.05) is 0 Å². The zero-order chi connectivity index (χ0) is 16.5. The first kappa shape index (κ1) is 18.0. The maximum Gasteiger partial charge on any atom is 0.478 e. The number of benzene rings is 1. The summed E-state index contributed by atoms with van der Waals surface area (Å²) in [6, 6.07) is 6.09. The lowest BCUT2D eigenvalue weighted by Gasteiger charge is -2.03. The summed E-state index contributed by atoms with van der Waals surface area (Å²) >= 11 is 0. The molecule has 118 valence electrons. The molecule has 0 saturated carbocycles. The van der Waals surface area contributed by atoms with Crippen LogP contribution in [0.1, 0.15) is 10.4 Å². The predicted molar refractivity (Wildman–Crippen MR) is 66.3 cm³/mol. The molecule has 1 aromatic rings.